The summed E-state index contributed by atoms with van der Waals surface area (Å²) in [6, 6.07) is 6.73. The van der Waals surface area contributed by atoms with E-state index in [1.165, 1.54) is 0 Å². The maximum atomic E-state index is 12.2. The van der Waals surface area contributed by atoms with Crippen molar-refractivity contribution in [1.29, 1.82) is 0 Å². The van der Waals surface area contributed by atoms with E-state index < -0.39 is 5.97 Å². The molecule has 0 spiro atoms. The molecule has 1 fully saturated rings. The van der Waals surface area contributed by atoms with E-state index in [-0.39, 0.29) is 23.7 Å². The smallest absolute Gasteiger partial charge is 0.317 e. The van der Waals surface area contributed by atoms with Crippen LogP contribution in [0.3, 0.4) is 0 Å². The standard InChI is InChI=1S/C16H22N2O4/c1-11(10-12-2-4-14(19)5-3-12)17-16(22)18-8-6-13(7-9-18)15(20)21/h2-5,11,13,19H,6-10H2,1H3,(H,17,22)(H,20,21). The predicted molar refractivity (Wildman–Crippen MR) is 81.7 cm³/mol. The van der Waals surface area contributed by atoms with E-state index in [0.717, 1.165) is 5.56 Å². The highest BCUT2D eigenvalue weighted by Crippen LogP contribution is 2.17. The van der Waals surface area contributed by atoms with Gasteiger partial charge in [-0.3, -0.25) is 4.79 Å². The third-order valence-electron chi connectivity index (χ3n) is 3.98. The van der Waals surface area contributed by atoms with Crippen molar-refractivity contribution in [1.82, 2.24) is 10.2 Å². The summed E-state index contributed by atoms with van der Waals surface area (Å²) in [6.45, 7) is 2.89. The van der Waals surface area contributed by atoms with Crippen molar-refractivity contribution in [2.45, 2.75) is 32.2 Å². The van der Waals surface area contributed by atoms with Crippen molar-refractivity contribution in [2.24, 2.45) is 5.92 Å². The van der Waals surface area contributed by atoms with Crippen molar-refractivity contribution in [3.8, 4) is 5.75 Å². The van der Waals surface area contributed by atoms with Crippen LogP contribution in [-0.4, -0.2) is 46.2 Å². The number of phenols is 1. The molecule has 1 aromatic carbocycles. The monoisotopic (exact) mass is 306 g/mol. The Hall–Kier alpha value is -2.24. The Morgan fingerprint density at radius 1 is 1.27 bits per heavy atom. The Balaban J connectivity index is 1.79. The van der Waals surface area contributed by atoms with Gasteiger partial charge in [-0.05, 0) is 43.9 Å². The maximum absolute atomic E-state index is 12.2. The molecule has 0 radical (unpaired) electrons. The number of nitrogens with zero attached hydrogens (tertiary/aromatic N) is 1. The molecule has 1 aliphatic rings. The number of amides is 2. The Labute approximate surface area is 129 Å². The van der Waals surface area contributed by atoms with E-state index in [9.17, 15) is 14.7 Å². The Bertz CT molecular complexity index is 521. The van der Waals surface area contributed by atoms with Gasteiger partial charge in [0.05, 0.1) is 5.92 Å². The van der Waals surface area contributed by atoms with Crippen LogP contribution in [0.5, 0.6) is 5.75 Å². The fraction of sp³-hybridized carbons (Fsp3) is 0.500. The lowest BCUT2D eigenvalue weighted by Gasteiger charge is -2.31. The number of hydrogen-bond acceptors (Lipinski definition) is 3. The molecule has 1 aliphatic heterocycles. The van der Waals surface area contributed by atoms with Gasteiger partial charge in [0, 0.05) is 19.1 Å². The molecule has 0 saturated carbocycles. The summed E-state index contributed by atoms with van der Waals surface area (Å²) in [6.07, 6.45) is 1.70. The van der Waals surface area contributed by atoms with E-state index in [2.05, 4.69) is 5.32 Å². The average molecular weight is 306 g/mol. The van der Waals surface area contributed by atoms with Gasteiger partial charge in [-0.15, -0.1) is 0 Å². The molecule has 3 N–H and O–H groups in total. The number of likely N-dealkylation sites (tertiary alicyclic amines) is 1. The van der Waals surface area contributed by atoms with Crippen molar-refractivity contribution < 1.29 is 19.8 Å². The minimum Gasteiger partial charge on any atom is -0.508 e. The molecule has 2 rings (SSSR count). The van der Waals surface area contributed by atoms with Gasteiger partial charge in [-0.2, -0.15) is 0 Å². The van der Waals surface area contributed by atoms with Crippen LogP contribution in [0.2, 0.25) is 0 Å². The highest BCUT2D eigenvalue weighted by molar-refractivity contribution is 5.75. The Morgan fingerprint density at radius 3 is 2.41 bits per heavy atom. The summed E-state index contributed by atoms with van der Waals surface area (Å²) in [5, 5.41) is 21.1. The molecule has 2 amide bonds. The SMILES string of the molecule is CC(Cc1ccc(O)cc1)NC(=O)N1CCC(C(=O)O)CC1. The van der Waals surface area contributed by atoms with E-state index in [0.29, 0.717) is 32.4 Å². The maximum Gasteiger partial charge on any atom is 0.317 e. The quantitative estimate of drug-likeness (QED) is 0.791. The second kappa shape index (κ2) is 7.15. The minimum atomic E-state index is -0.777. The van der Waals surface area contributed by atoms with E-state index in [1.807, 2.05) is 19.1 Å². The van der Waals surface area contributed by atoms with Gasteiger partial charge >= 0.3 is 12.0 Å². The summed E-state index contributed by atoms with van der Waals surface area (Å²) >= 11 is 0. The molecule has 120 valence electrons. The minimum absolute atomic E-state index is 0.0331. The van der Waals surface area contributed by atoms with Gasteiger partial charge < -0.3 is 20.4 Å². The summed E-state index contributed by atoms with van der Waals surface area (Å²) in [5.41, 5.74) is 1.04. The van der Waals surface area contributed by atoms with Gasteiger partial charge in [-0.25, -0.2) is 4.79 Å². The molecular weight excluding hydrogens is 284 g/mol. The highest BCUT2D eigenvalue weighted by Gasteiger charge is 2.27. The van der Waals surface area contributed by atoms with Crippen LogP contribution in [0.25, 0.3) is 0 Å². The predicted octanol–water partition coefficient (Wildman–Crippen LogP) is 1.83. The van der Waals surface area contributed by atoms with Gasteiger partial charge in [0.25, 0.3) is 0 Å². The Morgan fingerprint density at radius 2 is 1.86 bits per heavy atom. The molecular formula is C16H22N2O4. The first-order valence-corrected chi connectivity index (χ1v) is 7.52. The van der Waals surface area contributed by atoms with Crippen molar-refractivity contribution in [3.63, 3.8) is 0 Å². The van der Waals surface area contributed by atoms with E-state index in [1.54, 1.807) is 17.0 Å². The molecule has 1 saturated heterocycles. The number of phenolic OH excluding ortho intramolecular Hbond substituents is 1. The summed E-state index contributed by atoms with van der Waals surface area (Å²) in [7, 11) is 0. The number of carboxylic acids is 1. The van der Waals surface area contributed by atoms with Gasteiger partial charge in [0.2, 0.25) is 0 Å². The largest absolute Gasteiger partial charge is 0.508 e. The van der Waals surface area contributed by atoms with Crippen molar-refractivity contribution in [2.75, 3.05) is 13.1 Å². The highest BCUT2D eigenvalue weighted by atomic mass is 16.4. The van der Waals surface area contributed by atoms with Crippen LogP contribution in [-0.2, 0) is 11.2 Å². The molecule has 1 heterocycles. The zero-order valence-electron chi connectivity index (χ0n) is 12.7. The normalized spacial score (nSPS) is 17.0. The number of aromatic hydroxyl groups is 1. The zero-order valence-corrected chi connectivity index (χ0v) is 12.7. The van der Waals surface area contributed by atoms with Crippen LogP contribution >= 0.6 is 0 Å². The van der Waals surface area contributed by atoms with Crippen LogP contribution in [0, 0.1) is 5.92 Å². The summed E-state index contributed by atoms with van der Waals surface area (Å²) < 4.78 is 0. The number of piperidine rings is 1. The van der Waals surface area contributed by atoms with Crippen LogP contribution in [0.1, 0.15) is 25.3 Å². The lowest BCUT2D eigenvalue weighted by Crippen LogP contribution is -2.48. The molecule has 6 heteroatoms. The van der Waals surface area contributed by atoms with Gasteiger partial charge in [0.1, 0.15) is 5.75 Å². The Kier molecular flexibility index (Phi) is 5.25. The van der Waals surface area contributed by atoms with Crippen LogP contribution in [0.4, 0.5) is 4.79 Å². The third kappa shape index (κ3) is 4.38. The molecule has 1 unspecified atom stereocenters. The number of carbonyl (C=O) groups is 2. The number of nitrogens with one attached hydrogen (secondary N) is 1. The summed E-state index contributed by atoms with van der Waals surface area (Å²) in [5.74, 6) is -0.888. The first-order valence-electron chi connectivity index (χ1n) is 7.52. The topological polar surface area (TPSA) is 89.9 Å². The van der Waals surface area contributed by atoms with Crippen LogP contribution < -0.4 is 5.32 Å². The number of aliphatic carboxylic acids is 1. The average Bonchev–Trinajstić information content (AvgIpc) is 2.49. The lowest BCUT2D eigenvalue weighted by molar-refractivity contribution is -0.143. The number of carboxylic acid groups (broad SMARTS) is 1. The molecule has 22 heavy (non-hydrogen) atoms. The number of hydrogen-bond donors (Lipinski definition) is 3. The van der Waals surface area contributed by atoms with Crippen LogP contribution in [0.15, 0.2) is 24.3 Å². The van der Waals surface area contributed by atoms with E-state index >= 15 is 0 Å². The third-order valence-corrected chi connectivity index (χ3v) is 3.98. The molecule has 0 aromatic heterocycles. The second-order valence-corrected chi connectivity index (χ2v) is 5.82. The van der Waals surface area contributed by atoms with Crippen molar-refractivity contribution >= 4 is 12.0 Å². The van der Waals surface area contributed by atoms with Crippen molar-refractivity contribution in [3.05, 3.63) is 29.8 Å². The van der Waals surface area contributed by atoms with Gasteiger partial charge in [0.15, 0.2) is 0 Å². The molecule has 6 nitrogen and oxygen atoms in total. The number of urea groups is 1. The molecule has 0 bridgehead atoms. The molecule has 1 aromatic rings. The second-order valence-electron chi connectivity index (χ2n) is 5.82. The number of benzene rings is 1. The lowest BCUT2D eigenvalue weighted by atomic mass is 9.97. The van der Waals surface area contributed by atoms with E-state index in [4.69, 9.17) is 5.11 Å². The zero-order chi connectivity index (χ0) is 16.1. The first kappa shape index (κ1) is 16.1. The fourth-order valence-electron chi connectivity index (χ4n) is 2.67. The van der Waals surface area contributed by atoms with Gasteiger partial charge in [-0.1, -0.05) is 12.1 Å². The number of rotatable bonds is 4. The molecule has 0 aliphatic carbocycles. The first-order chi connectivity index (χ1) is 10.5. The fourth-order valence-corrected chi connectivity index (χ4v) is 2.67. The molecule has 1 atom stereocenters. The number of carbonyl (C=O) groups excluding carboxylic acids is 1. The summed E-state index contributed by atoms with van der Waals surface area (Å²) in [4.78, 5) is 24.7.